The number of hydrogen-bond donors (Lipinski definition) is 1. The molecule has 1 N–H and O–H groups in total. The van der Waals surface area contributed by atoms with E-state index in [1.54, 1.807) is 0 Å². The van der Waals surface area contributed by atoms with E-state index < -0.39 is 18.3 Å². The SMILES string of the molecule is CCCCCCCCCC(CCCCCCC(F)(F)C(=O)OCC(CCCCCC)CCCCCCCC)NC. The van der Waals surface area contributed by atoms with E-state index >= 15 is 0 Å². The second-order valence-electron chi connectivity index (χ2n) is 12.4. The highest BCUT2D eigenvalue weighted by atomic mass is 19.3. The van der Waals surface area contributed by atoms with Gasteiger partial charge in [0.1, 0.15) is 0 Å². The molecule has 0 amide bonds. The number of carbonyl (C=O) groups is 1. The minimum atomic E-state index is -3.36. The lowest BCUT2D eigenvalue weighted by atomic mass is 9.95. The summed E-state index contributed by atoms with van der Waals surface area (Å²) in [4.78, 5) is 12.3. The first-order valence-electron chi connectivity index (χ1n) is 17.6. The zero-order valence-corrected chi connectivity index (χ0v) is 27.3. The summed E-state index contributed by atoms with van der Waals surface area (Å²) in [6.07, 6.45) is 28.2. The van der Waals surface area contributed by atoms with Crippen molar-refractivity contribution in [1.82, 2.24) is 5.32 Å². The number of nitrogens with one attached hydrogen (secondary N) is 1. The van der Waals surface area contributed by atoms with Gasteiger partial charge >= 0.3 is 11.9 Å². The van der Waals surface area contributed by atoms with Crippen LogP contribution in [0.5, 0.6) is 0 Å². The highest BCUT2D eigenvalue weighted by molar-refractivity contribution is 5.77. The average Bonchev–Trinajstić information content (AvgIpc) is 2.95. The van der Waals surface area contributed by atoms with Crippen LogP contribution in [0.25, 0.3) is 0 Å². The highest BCUT2D eigenvalue weighted by Gasteiger charge is 2.40. The second-order valence-corrected chi connectivity index (χ2v) is 12.4. The molecule has 0 radical (unpaired) electrons. The number of halogens is 2. The molecule has 3 nitrogen and oxygen atoms in total. The largest absolute Gasteiger partial charge is 0.461 e. The second kappa shape index (κ2) is 28.4. The first-order chi connectivity index (χ1) is 19.4. The molecular formula is C35H69F2NO2. The lowest BCUT2D eigenvalue weighted by Gasteiger charge is -2.20. The molecule has 0 aliphatic heterocycles. The van der Waals surface area contributed by atoms with Crippen LogP contribution < -0.4 is 5.32 Å². The normalized spacial score (nSPS) is 13.4. The van der Waals surface area contributed by atoms with Crippen molar-refractivity contribution in [2.45, 2.75) is 200 Å². The smallest absolute Gasteiger partial charge is 0.376 e. The lowest BCUT2D eigenvalue weighted by molar-refractivity contribution is -0.174. The topological polar surface area (TPSA) is 38.3 Å². The number of hydrogen-bond acceptors (Lipinski definition) is 3. The Morgan fingerprint density at radius 3 is 1.43 bits per heavy atom. The van der Waals surface area contributed by atoms with Crippen molar-refractivity contribution in [2.24, 2.45) is 5.92 Å². The molecule has 0 aliphatic carbocycles. The molecule has 0 saturated heterocycles. The Morgan fingerprint density at radius 2 is 0.975 bits per heavy atom. The van der Waals surface area contributed by atoms with E-state index in [-0.39, 0.29) is 12.5 Å². The molecule has 5 heteroatoms. The molecule has 40 heavy (non-hydrogen) atoms. The van der Waals surface area contributed by atoms with Gasteiger partial charge < -0.3 is 10.1 Å². The zero-order valence-electron chi connectivity index (χ0n) is 27.3. The van der Waals surface area contributed by atoms with Crippen molar-refractivity contribution >= 4 is 5.97 Å². The van der Waals surface area contributed by atoms with E-state index in [1.165, 1.54) is 103 Å². The summed E-state index contributed by atoms with van der Waals surface area (Å²) in [6, 6.07) is 0.526. The number of carbonyl (C=O) groups excluding carboxylic acids is 1. The molecule has 0 fully saturated rings. The minimum absolute atomic E-state index is 0.152. The molecule has 0 aliphatic rings. The third-order valence-corrected chi connectivity index (χ3v) is 8.54. The van der Waals surface area contributed by atoms with Crippen LogP contribution >= 0.6 is 0 Å². The van der Waals surface area contributed by atoms with Gasteiger partial charge in [-0.1, -0.05) is 149 Å². The van der Waals surface area contributed by atoms with Gasteiger partial charge in [0, 0.05) is 12.5 Å². The quantitative estimate of drug-likeness (QED) is 0.0662. The summed E-state index contributed by atoms with van der Waals surface area (Å²) in [5.41, 5.74) is 0. The molecule has 0 rings (SSSR count). The number of ether oxygens (including phenoxy) is 1. The highest BCUT2D eigenvalue weighted by Crippen LogP contribution is 2.26. The predicted molar refractivity (Wildman–Crippen MR) is 169 cm³/mol. The Labute approximate surface area is 248 Å². The van der Waals surface area contributed by atoms with Crippen molar-refractivity contribution in [3.63, 3.8) is 0 Å². The Hall–Kier alpha value is -0.710. The third-order valence-electron chi connectivity index (χ3n) is 8.54. The van der Waals surface area contributed by atoms with Crippen LogP contribution in [-0.2, 0) is 9.53 Å². The van der Waals surface area contributed by atoms with Gasteiger partial charge in [0.2, 0.25) is 0 Å². The van der Waals surface area contributed by atoms with Crippen molar-refractivity contribution in [3.05, 3.63) is 0 Å². The summed E-state index contributed by atoms with van der Waals surface area (Å²) in [5.74, 6) is -4.46. The molecule has 240 valence electrons. The van der Waals surface area contributed by atoms with Gasteiger partial charge in [-0.3, -0.25) is 0 Å². The van der Waals surface area contributed by atoms with Crippen LogP contribution in [0.15, 0.2) is 0 Å². The molecule has 0 saturated carbocycles. The Morgan fingerprint density at radius 1 is 0.600 bits per heavy atom. The summed E-state index contributed by atoms with van der Waals surface area (Å²) >= 11 is 0. The maximum Gasteiger partial charge on any atom is 0.376 e. The van der Waals surface area contributed by atoms with Crippen LogP contribution in [0, 0.1) is 5.92 Å². The van der Waals surface area contributed by atoms with Gasteiger partial charge in [-0.15, -0.1) is 0 Å². The monoisotopic (exact) mass is 574 g/mol. The van der Waals surface area contributed by atoms with Gasteiger partial charge in [-0.25, -0.2) is 4.79 Å². The first kappa shape index (κ1) is 39.3. The lowest BCUT2D eigenvalue weighted by Crippen LogP contribution is -2.32. The van der Waals surface area contributed by atoms with Gasteiger partial charge in [-0.2, -0.15) is 8.78 Å². The van der Waals surface area contributed by atoms with Crippen molar-refractivity contribution in [2.75, 3.05) is 13.7 Å². The summed E-state index contributed by atoms with van der Waals surface area (Å²) in [5, 5.41) is 3.43. The molecule has 0 heterocycles. The molecule has 0 spiro atoms. The van der Waals surface area contributed by atoms with Crippen LogP contribution in [0.1, 0.15) is 188 Å². The molecule has 0 aromatic heterocycles. The van der Waals surface area contributed by atoms with Crippen LogP contribution in [0.2, 0.25) is 0 Å². The van der Waals surface area contributed by atoms with E-state index in [2.05, 4.69) is 26.1 Å². The third kappa shape index (κ3) is 23.9. The Balaban J connectivity index is 4.17. The van der Waals surface area contributed by atoms with Crippen LogP contribution in [-0.4, -0.2) is 31.6 Å². The first-order valence-corrected chi connectivity index (χ1v) is 17.6. The molecule has 2 unspecified atom stereocenters. The minimum Gasteiger partial charge on any atom is -0.461 e. The van der Waals surface area contributed by atoms with E-state index in [1.807, 2.05) is 7.05 Å². The van der Waals surface area contributed by atoms with Crippen molar-refractivity contribution in [1.29, 1.82) is 0 Å². The number of esters is 1. The van der Waals surface area contributed by atoms with Crippen LogP contribution in [0.3, 0.4) is 0 Å². The summed E-state index contributed by atoms with van der Waals surface area (Å²) in [6.45, 7) is 6.81. The summed E-state index contributed by atoms with van der Waals surface area (Å²) < 4.78 is 34.3. The fourth-order valence-corrected chi connectivity index (χ4v) is 5.66. The Kier molecular flexibility index (Phi) is 27.9. The number of rotatable bonds is 31. The number of unbranched alkanes of at least 4 members (excludes halogenated alkanes) is 17. The zero-order chi connectivity index (χ0) is 29.7. The van der Waals surface area contributed by atoms with Crippen LogP contribution in [0.4, 0.5) is 8.78 Å². The maximum atomic E-state index is 14.5. The number of alkyl halides is 2. The van der Waals surface area contributed by atoms with Gasteiger partial charge in [0.25, 0.3) is 0 Å². The molecule has 0 bridgehead atoms. The van der Waals surface area contributed by atoms with Gasteiger partial charge in [0.05, 0.1) is 6.61 Å². The van der Waals surface area contributed by atoms with E-state index in [9.17, 15) is 13.6 Å². The fourth-order valence-electron chi connectivity index (χ4n) is 5.66. The van der Waals surface area contributed by atoms with E-state index in [0.29, 0.717) is 12.5 Å². The fraction of sp³-hybridized carbons (Fsp3) is 0.971. The van der Waals surface area contributed by atoms with Crippen molar-refractivity contribution < 1.29 is 18.3 Å². The Bertz CT molecular complexity index is 543. The molecule has 0 aromatic rings. The van der Waals surface area contributed by atoms with E-state index in [0.717, 1.165) is 51.4 Å². The predicted octanol–water partition coefficient (Wildman–Crippen LogP) is 11.6. The average molecular weight is 574 g/mol. The molecule has 0 aromatic carbocycles. The molecular weight excluding hydrogens is 504 g/mol. The maximum absolute atomic E-state index is 14.5. The van der Waals surface area contributed by atoms with E-state index in [4.69, 9.17) is 4.74 Å². The van der Waals surface area contributed by atoms with Crippen molar-refractivity contribution in [3.8, 4) is 0 Å². The van der Waals surface area contributed by atoms with Gasteiger partial charge in [0.15, 0.2) is 0 Å². The molecule has 2 atom stereocenters. The summed E-state index contributed by atoms with van der Waals surface area (Å²) in [7, 11) is 2.03. The van der Waals surface area contributed by atoms with Gasteiger partial charge in [-0.05, 0) is 45.1 Å². The standard InChI is InChI=1S/C35H69F2NO2/c1-5-8-11-14-16-18-23-28-33(38-4)29-24-19-20-25-30-35(36,37)34(39)40-31-32(26-21-13-10-7-3)27-22-17-15-12-9-6-2/h32-33,38H,5-31H2,1-4H3.